The van der Waals surface area contributed by atoms with Gasteiger partial charge in [0.1, 0.15) is 0 Å². The smallest absolute Gasteiger partial charge is 0.170 e. The van der Waals surface area contributed by atoms with Crippen LogP contribution in [0.5, 0.6) is 0 Å². The molecule has 0 aliphatic carbocycles. The molecule has 0 aliphatic rings. The van der Waals surface area contributed by atoms with Gasteiger partial charge in [0, 0.05) is 4.90 Å². The van der Waals surface area contributed by atoms with E-state index >= 15 is 0 Å². The molecule has 1 unspecified atom stereocenters. The number of nitrogens with zero attached hydrogens (tertiary/aromatic N) is 2. The van der Waals surface area contributed by atoms with Crippen LogP contribution in [0.2, 0.25) is 0 Å². The second-order valence-corrected chi connectivity index (χ2v) is 3.59. The molecule has 0 aromatic heterocycles. The summed E-state index contributed by atoms with van der Waals surface area (Å²) in [6.07, 6.45) is 3.73. The predicted molar refractivity (Wildman–Crippen MR) is 46.0 cm³/mol. The summed E-state index contributed by atoms with van der Waals surface area (Å²) < 4.78 is 3.73. The van der Waals surface area contributed by atoms with Crippen LogP contribution in [-0.2, 0) is 10.7 Å². The summed E-state index contributed by atoms with van der Waals surface area (Å²) in [4.78, 5) is 1.11. The van der Waals surface area contributed by atoms with Crippen molar-refractivity contribution in [1.82, 2.24) is 0 Å². The van der Waals surface area contributed by atoms with Crippen LogP contribution >= 0.6 is 0 Å². The van der Waals surface area contributed by atoms with Gasteiger partial charge in [0.2, 0.25) is 6.19 Å². The van der Waals surface area contributed by atoms with Gasteiger partial charge in [-0.2, -0.15) is 5.26 Å². The maximum absolute atomic E-state index is 8.29. The summed E-state index contributed by atoms with van der Waals surface area (Å²) in [7, 11) is -0.270. The van der Waals surface area contributed by atoms with Crippen LogP contribution in [0.1, 0.15) is 0 Å². The van der Waals surface area contributed by atoms with Crippen molar-refractivity contribution in [2.24, 2.45) is 4.36 Å². The Hall–Kier alpha value is -1.14. The highest BCUT2D eigenvalue weighted by molar-refractivity contribution is 7.86. The van der Waals surface area contributed by atoms with E-state index in [1.807, 2.05) is 36.6 Å². The Bertz CT molecular complexity index is 298. The van der Waals surface area contributed by atoms with E-state index in [1.54, 1.807) is 6.19 Å². The monoisotopic (exact) mass is 164 g/mol. The fraction of sp³-hybridized carbons (Fsp3) is 0.125. The van der Waals surface area contributed by atoms with Crippen LogP contribution in [0, 0.1) is 11.5 Å². The Labute approximate surface area is 68.6 Å². The van der Waals surface area contributed by atoms with Crippen molar-refractivity contribution in [3.05, 3.63) is 30.3 Å². The lowest BCUT2D eigenvalue weighted by molar-refractivity contribution is 1.42. The van der Waals surface area contributed by atoms with Crippen LogP contribution in [0.25, 0.3) is 0 Å². The minimum Gasteiger partial charge on any atom is -0.170 e. The van der Waals surface area contributed by atoms with E-state index in [4.69, 9.17) is 5.26 Å². The Kier molecular flexibility index (Phi) is 2.82. The third-order valence-corrected chi connectivity index (χ3v) is 2.57. The molecule has 3 heteroatoms. The zero-order valence-corrected chi connectivity index (χ0v) is 7.01. The SMILES string of the molecule is CS(=NC#N)c1ccccc1. The number of hydrogen-bond donors (Lipinski definition) is 0. The van der Waals surface area contributed by atoms with Crippen LogP contribution in [-0.4, -0.2) is 6.26 Å². The van der Waals surface area contributed by atoms with Crippen LogP contribution in [0.3, 0.4) is 0 Å². The normalized spacial score (nSPS) is 12.4. The quantitative estimate of drug-likeness (QED) is 0.584. The second-order valence-electron chi connectivity index (χ2n) is 1.98. The zero-order valence-electron chi connectivity index (χ0n) is 6.19. The second kappa shape index (κ2) is 3.89. The average Bonchev–Trinajstić information content (AvgIpc) is 2.07. The zero-order chi connectivity index (χ0) is 8.10. The van der Waals surface area contributed by atoms with Gasteiger partial charge < -0.3 is 0 Å². The molecule has 1 aromatic carbocycles. The van der Waals surface area contributed by atoms with E-state index in [0.717, 1.165) is 4.90 Å². The highest BCUT2D eigenvalue weighted by atomic mass is 32.2. The van der Waals surface area contributed by atoms with E-state index in [9.17, 15) is 0 Å². The molecule has 2 nitrogen and oxygen atoms in total. The van der Waals surface area contributed by atoms with E-state index in [2.05, 4.69) is 4.36 Å². The van der Waals surface area contributed by atoms with Crippen molar-refractivity contribution in [2.45, 2.75) is 4.90 Å². The fourth-order valence-corrected chi connectivity index (χ4v) is 1.51. The van der Waals surface area contributed by atoms with Crippen molar-refractivity contribution in [3.63, 3.8) is 0 Å². The summed E-state index contributed by atoms with van der Waals surface area (Å²) in [6, 6.07) is 9.80. The lowest BCUT2D eigenvalue weighted by Crippen LogP contribution is -1.84. The van der Waals surface area contributed by atoms with Crippen LogP contribution in [0.15, 0.2) is 39.6 Å². The maximum Gasteiger partial charge on any atom is 0.212 e. The number of hydrogen-bond acceptors (Lipinski definition) is 2. The first-order valence-electron chi connectivity index (χ1n) is 3.15. The molecule has 0 heterocycles. The molecule has 1 aromatic rings. The van der Waals surface area contributed by atoms with Crippen LogP contribution < -0.4 is 0 Å². The van der Waals surface area contributed by atoms with Gasteiger partial charge in [-0.05, 0) is 18.4 Å². The molecule has 1 rings (SSSR count). The third-order valence-electron chi connectivity index (χ3n) is 1.26. The Balaban J connectivity index is 2.96. The minimum atomic E-state index is -0.270. The van der Waals surface area contributed by atoms with E-state index in [0.29, 0.717) is 0 Å². The molecular weight excluding hydrogens is 156 g/mol. The molecule has 0 bridgehead atoms. The van der Waals surface area contributed by atoms with Crippen molar-refractivity contribution < 1.29 is 0 Å². The number of nitriles is 1. The van der Waals surface area contributed by atoms with Crippen molar-refractivity contribution in [3.8, 4) is 6.19 Å². The Morgan fingerprint density at radius 2 is 2.00 bits per heavy atom. The van der Waals surface area contributed by atoms with Gasteiger partial charge in [0.25, 0.3) is 0 Å². The largest absolute Gasteiger partial charge is 0.212 e. The lowest BCUT2D eigenvalue weighted by atomic mass is 10.4. The lowest BCUT2D eigenvalue weighted by Gasteiger charge is -1.96. The summed E-state index contributed by atoms with van der Waals surface area (Å²) in [5.74, 6) is 0. The minimum absolute atomic E-state index is 0.270. The third kappa shape index (κ3) is 2.17. The number of benzene rings is 1. The van der Waals surface area contributed by atoms with Gasteiger partial charge in [-0.1, -0.05) is 28.9 Å². The summed E-state index contributed by atoms with van der Waals surface area (Å²) in [5, 5.41) is 8.29. The first-order valence-corrected chi connectivity index (χ1v) is 4.74. The molecule has 0 aliphatic heterocycles. The van der Waals surface area contributed by atoms with Crippen molar-refractivity contribution in [2.75, 3.05) is 6.26 Å². The molecule has 0 fully saturated rings. The molecule has 0 saturated carbocycles. The van der Waals surface area contributed by atoms with E-state index in [-0.39, 0.29) is 10.7 Å². The van der Waals surface area contributed by atoms with Gasteiger partial charge >= 0.3 is 0 Å². The van der Waals surface area contributed by atoms with Gasteiger partial charge in [0.05, 0.1) is 0 Å². The topological polar surface area (TPSA) is 36.1 Å². The molecule has 0 saturated heterocycles. The highest BCUT2D eigenvalue weighted by Crippen LogP contribution is 2.04. The first-order chi connectivity index (χ1) is 5.34. The molecule has 0 radical (unpaired) electrons. The molecule has 56 valence electrons. The summed E-state index contributed by atoms with van der Waals surface area (Å²) >= 11 is 0. The Morgan fingerprint density at radius 3 is 2.55 bits per heavy atom. The molecule has 0 N–H and O–H groups in total. The maximum atomic E-state index is 8.29. The molecule has 0 amide bonds. The molecule has 1 atom stereocenters. The van der Waals surface area contributed by atoms with E-state index < -0.39 is 0 Å². The Morgan fingerprint density at radius 1 is 1.36 bits per heavy atom. The van der Waals surface area contributed by atoms with Gasteiger partial charge in [-0.25, -0.2) is 0 Å². The predicted octanol–water partition coefficient (Wildman–Crippen LogP) is 1.96. The molecule has 0 spiro atoms. The average molecular weight is 164 g/mol. The van der Waals surface area contributed by atoms with Gasteiger partial charge in [0.15, 0.2) is 0 Å². The standard InChI is InChI=1S/C8H8N2S/c1-11(10-7-9)8-5-3-2-4-6-8/h2-6H,1H3. The van der Waals surface area contributed by atoms with E-state index in [1.165, 1.54) is 0 Å². The first kappa shape index (κ1) is 7.96. The molecule has 11 heavy (non-hydrogen) atoms. The van der Waals surface area contributed by atoms with Gasteiger partial charge in [-0.15, -0.1) is 4.36 Å². The fourth-order valence-electron chi connectivity index (χ4n) is 0.731. The number of rotatable bonds is 1. The summed E-state index contributed by atoms with van der Waals surface area (Å²) in [5.41, 5.74) is 0. The van der Waals surface area contributed by atoms with Gasteiger partial charge in [-0.3, -0.25) is 0 Å². The highest BCUT2D eigenvalue weighted by Gasteiger charge is 1.90. The molecular formula is C8H8N2S. The van der Waals surface area contributed by atoms with Crippen molar-refractivity contribution >= 4 is 10.7 Å². The van der Waals surface area contributed by atoms with Crippen LogP contribution in [0.4, 0.5) is 0 Å². The van der Waals surface area contributed by atoms with Crippen molar-refractivity contribution in [1.29, 1.82) is 5.26 Å². The summed E-state index contributed by atoms with van der Waals surface area (Å²) in [6.45, 7) is 0.